The van der Waals surface area contributed by atoms with Crippen LogP contribution in [0.25, 0.3) is 0 Å². The van der Waals surface area contributed by atoms with Gasteiger partial charge in [-0.25, -0.2) is 4.79 Å². The predicted molar refractivity (Wildman–Crippen MR) is 113 cm³/mol. The fourth-order valence-corrected chi connectivity index (χ4v) is 2.96. The molecule has 12 nitrogen and oxygen atoms in total. The van der Waals surface area contributed by atoms with Crippen LogP contribution in [0.1, 0.15) is 33.6 Å². The third-order valence-electron chi connectivity index (χ3n) is 4.27. The molecule has 0 heterocycles. The minimum Gasteiger partial charge on any atom is -0.481 e. The Kier molecular flexibility index (Phi) is 12.8. The number of carboxylic acid groups (broad SMARTS) is 2. The lowest BCUT2D eigenvalue weighted by Crippen LogP contribution is -2.59. The SMILES string of the molecule is CSCCC(NC(=O)C(NC(=O)C(N)CC(=O)O)C(C)C)C(=O)NC(C(=O)O)C(C)O. The molecule has 13 heteroatoms. The van der Waals surface area contributed by atoms with Gasteiger partial charge in [-0.2, -0.15) is 11.8 Å². The first kappa shape index (κ1) is 28.6. The van der Waals surface area contributed by atoms with E-state index in [1.54, 1.807) is 20.1 Å². The molecule has 0 aliphatic heterocycles. The predicted octanol–water partition coefficient (Wildman–Crippen LogP) is -1.88. The van der Waals surface area contributed by atoms with Gasteiger partial charge < -0.3 is 37.0 Å². The maximum absolute atomic E-state index is 12.8. The van der Waals surface area contributed by atoms with Crippen molar-refractivity contribution in [2.45, 2.75) is 63.9 Å². The normalized spacial score (nSPS) is 15.8. The number of aliphatic hydroxyl groups excluding tert-OH is 1. The third kappa shape index (κ3) is 10.5. The van der Waals surface area contributed by atoms with Crippen LogP contribution in [-0.4, -0.2) is 87.3 Å². The Morgan fingerprint density at radius 2 is 1.45 bits per heavy atom. The second-order valence-corrected chi connectivity index (χ2v) is 8.33. The zero-order valence-electron chi connectivity index (χ0n) is 18.0. The number of carboxylic acids is 2. The molecule has 31 heavy (non-hydrogen) atoms. The van der Waals surface area contributed by atoms with Crippen molar-refractivity contribution in [3.05, 3.63) is 0 Å². The third-order valence-corrected chi connectivity index (χ3v) is 4.91. The molecule has 0 aromatic carbocycles. The summed E-state index contributed by atoms with van der Waals surface area (Å²) in [7, 11) is 0. The van der Waals surface area contributed by atoms with Crippen molar-refractivity contribution in [1.82, 2.24) is 16.0 Å². The van der Waals surface area contributed by atoms with Gasteiger partial charge in [0.05, 0.1) is 18.6 Å². The Hall–Kier alpha value is -2.38. The molecule has 5 atom stereocenters. The summed E-state index contributed by atoms with van der Waals surface area (Å²) in [6, 6.07) is -5.14. The highest BCUT2D eigenvalue weighted by Crippen LogP contribution is 2.07. The molecule has 178 valence electrons. The summed E-state index contributed by atoms with van der Waals surface area (Å²) in [5, 5.41) is 34.5. The zero-order valence-corrected chi connectivity index (χ0v) is 18.8. The number of hydrogen-bond acceptors (Lipinski definition) is 8. The molecule has 0 aliphatic rings. The summed E-state index contributed by atoms with van der Waals surface area (Å²) in [6.07, 6.45) is -0.0280. The Balaban J connectivity index is 5.38. The molecule has 0 saturated heterocycles. The van der Waals surface area contributed by atoms with Gasteiger partial charge in [0.2, 0.25) is 17.7 Å². The molecule has 0 rings (SSSR count). The number of amides is 3. The second-order valence-electron chi connectivity index (χ2n) is 7.34. The number of aliphatic carboxylic acids is 2. The van der Waals surface area contributed by atoms with E-state index in [-0.39, 0.29) is 6.42 Å². The Morgan fingerprint density at radius 1 is 0.903 bits per heavy atom. The maximum Gasteiger partial charge on any atom is 0.328 e. The van der Waals surface area contributed by atoms with Crippen molar-refractivity contribution >= 4 is 41.4 Å². The van der Waals surface area contributed by atoms with Crippen LogP contribution in [0.3, 0.4) is 0 Å². The van der Waals surface area contributed by atoms with Gasteiger partial charge in [0, 0.05) is 0 Å². The summed E-state index contributed by atoms with van der Waals surface area (Å²) in [6.45, 7) is 4.48. The van der Waals surface area contributed by atoms with Crippen molar-refractivity contribution in [2.24, 2.45) is 11.7 Å². The first-order valence-electron chi connectivity index (χ1n) is 9.60. The average molecular weight is 465 g/mol. The van der Waals surface area contributed by atoms with Crippen LogP contribution in [0.15, 0.2) is 0 Å². The molecule has 0 fully saturated rings. The summed E-state index contributed by atoms with van der Waals surface area (Å²) in [5.41, 5.74) is 5.52. The van der Waals surface area contributed by atoms with Gasteiger partial charge in [0.25, 0.3) is 0 Å². The number of nitrogens with one attached hydrogen (secondary N) is 3. The number of carbonyl (C=O) groups excluding carboxylic acids is 3. The van der Waals surface area contributed by atoms with Crippen LogP contribution >= 0.6 is 11.8 Å². The standard InChI is InChI=1S/C18H32N4O8S/c1-8(2)13(21-15(26)10(19)7-12(24)25)17(28)20-11(5-6-31-4)16(27)22-14(9(3)23)18(29)30/h8-11,13-14,23H,5-7,19H2,1-4H3,(H,20,28)(H,21,26)(H,22,27)(H,24,25)(H,29,30). The van der Waals surface area contributed by atoms with E-state index >= 15 is 0 Å². The van der Waals surface area contributed by atoms with Gasteiger partial charge in [-0.05, 0) is 31.3 Å². The minimum atomic E-state index is -1.56. The topological polar surface area (TPSA) is 208 Å². The van der Waals surface area contributed by atoms with Gasteiger partial charge in [-0.3, -0.25) is 19.2 Å². The quantitative estimate of drug-likeness (QED) is 0.152. The van der Waals surface area contributed by atoms with E-state index in [1.165, 1.54) is 18.7 Å². The van der Waals surface area contributed by atoms with Crippen LogP contribution in [0.2, 0.25) is 0 Å². The molecule has 8 N–H and O–H groups in total. The Morgan fingerprint density at radius 3 is 1.87 bits per heavy atom. The molecule has 0 aliphatic carbocycles. The first-order valence-corrected chi connectivity index (χ1v) is 11.0. The van der Waals surface area contributed by atoms with Crippen molar-refractivity contribution in [3.63, 3.8) is 0 Å². The second kappa shape index (κ2) is 13.8. The molecule has 0 radical (unpaired) electrons. The number of thioether (sulfide) groups is 1. The van der Waals surface area contributed by atoms with Crippen LogP contribution < -0.4 is 21.7 Å². The lowest BCUT2D eigenvalue weighted by Gasteiger charge is -2.27. The molecular weight excluding hydrogens is 432 g/mol. The Labute approximate surface area is 184 Å². The number of carbonyl (C=O) groups is 5. The molecule has 0 aromatic heterocycles. The highest BCUT2D eigenvalue weighted by molar-refractivity contribution is 7.98. The fraction of sp³-hybridized carbons (Fsp3) is 0.722. The largest absolute Gasteiger partial charge is 0.481 e. The molecule has 0 saturated carbocycles. The van der Waals surface area contributed by atoms with Crippen LogP contribution in [0.4, 0.5) is 0 Å². The van der Waals surface area contributed by atoms with E-state index in [4.69, 9.17) is 15.9 Å². The van der Waals surface area contributed by atoms with E-state index in [1.807, 2.05) is 0 Å². The van der Waals surface area contributed by atoms with Gasteiger partial charge in [0.1, 0.15) is 12.1 Å². The fourth-order valence-electron chi connectivity index (χ4n) is 2.48. The van der Waals surface area contributed by atoms with E-state index in [0.29, 0.717) is 5.75 Å². The highest BCUT2D eigenvalue weighted by Gasteiger charge is 2.32. The molecule has 5 unspecified atom stereocenters. The number of hydrogen-bond donors (Lipinski definition) is 7. The van der Waals surface area contributed by atoms with Crippen molar-refractivity contribution in [2.75, 3.05) is 12.0 Å². The molecular formula is C18H32N4O8S. The summed E-state index contributed by atoms with van der Waals surface area (Å²) < 4.78 is 0. The van der Waals surface area contributed by atoms with Gasteiger partial charge >= 0.3 is 11.9 Å². The van der Waals surface area contributed by atoms with Crippen LogP contribution in [0.5, 0.6) is 0 Å². The summed E-state index contributed by atoms with van der Waals surface area (Å²) in [5.74, 6) is -5.00. The van der Waals surface area contributed by atoms with Crippen LogP contribution in [-0.2, 0) is 24.0 Å². The lowest BCUT2D eigenvalue weighted by molar-refractivity contribution is -0.145. The maximum atomic E-state index is 12.8. The van der Waals surface area contributed by atoms with E-state index in [9.17, 15) is 29.1 Å². The van der Waals surface area contributed by atoms with Crippen molar-refractivity contribution in [3.8, 4) is 0 Å². The number of nitrogens with two attached hydrogens (primary N) is 1. The van der Waals surface area contributed by atoms with E-state index < -0.39 is 72.3 Å². The molecule has 0 aromatic rings. The molecule has 0 bridgehead atoms. The average Bonchev–Trinajstić information content (AvgIpc) is 2.65. The van der Waals surface area contributed by atoms with Crippen molar-refractivity contribution < 1.29 is 39.3 Å². The number of rotatable bonds is 14. The summed E-state index contributed by atoms with van der Waals surface area (Å²) >= 11 is 1.40. The number of aliphatic hydroxyl groups is 1. The smallest absolute Gasteiger partial charge is 0.328 e. The van der Waals surface area contributed by atoms with Crippen LogP contribution in [0, 0.1) is 5.92 Å². The van der Waals surface area contributed by atoms with E-state index in [2.05, 4.69) is 16.0 Å². The van der Waals surface area contributed by atoms with Gasteiger partial charge in [-0.1, -0.05) is 13.8 Å². The minimum absolute atomic E-state index is 0.169. The Bertz CT molecular complexity index is 658. The molecule has 3 amide bonds. The molecule has 0 spiro atoms. The van der Waals surface area contributed by atoms with Gasteiger partial charge in [-0.15, -0.1) is 0 Å². The van der Waals surface area contributed by atoms with Gasteiger partial charge in [0.15, 0.2) is 6.04 Å². The van der Waals surface area contributed by atoms with Crippen molar-refractivity contribution in [1.29, 1.82) is 0 Å². The lowest BCUT2D eigenvalue weighted by atomic mass is 10.0. The zero-order chi connectivity index (χ0) is 24.3. The highest BCUT2D eigenvalue weighted by atomic mass is 32.2. The summed E-state index contributed by atoms with van der Waals surface area (Å²) in [4.78, 5) is 59.4. The van der Waals surface area contributed by atoms with E-state index in [0.717, 1.165) is 0 Å². The first-order chi connectivity index (χ1) is 14.3. The monoisotopic (exact) mass is 464 g/mol.